The highest BCUT2D eigenvalue weighted by Gasteiger charge is 2.02. The smallest absolute Gasteiger partial charge is 0.0479 e. The van der Waals surface area contributed by atoms with Crippen molar-refractivity contribution in [2.75, 3.05) is 13.6 Å². The number of fused-ring (bicyclic) bond motifs is 1. The van der Waals surface area contributed by atoms with Gasteiger partial charge in [-0.25, -0.2) is 0 Å². The van der Waals surface area contributed by atoms with E-state index in [1.807, 2.05) is 7.05 Å². The van der Waals surface area contributed by atoms with Crippen LogP contribution >= 0.6 is 0 Å². The topological polar surface area (TPSA) is 17.0 Å². The molecular formula is C13H18N2. The number of likely N-dealkylation sites (N-methyl/N-ethyl adjacent to an activating group) is 1. The van der Waals surface area contributed by atoms with Gasteiger partial charge in [0, 0.05) is 23.6 Å². The van der Waals surface area contributed by atoms with Gasteiger partial charge in [0.1, 0.15) is 0 Å². The Morgan fingerprint density at radius 1 is 1.27 bits per heavy atom. The summed E-state index contributed by atoms with van der Waals surface area (Å²) in [5.74, 6) is 0. The summed E-state index contributed by atoms with van der Waals surface area (Å²) in [5.41, 5.74) is 4.04. The molecule has 0 aliphatic rings. The molecule has 80 valence electrons. The second-order valence-corrected chi connectivity index (χ2v) is 4.09. The summed E-state index contributed by atoms with van der Waals surface area (Å²) in [6.45, 7) is 3.19. The first-order valence-electron chi connectivity index (χ1n) is 5.42. The zero-order chi connectivity index (χ0) is 10.8. The first-order chi connectivity index (χ1) is 7.22. The van der Waals surface area contributed by atoms with Gasteiger partial charge in [0.15, 0.2) is 0 Å². The molecule has 0 bridgehead atoms. The fraction of sp³-hybridized carbons (Fsp3) is 0.385. The van der Waals surface area contributed by atoms with Crippen LogP contribution in [-0.2, 0) is 13.5 Å². The maximum absolute atomic E-state index is 3.18. The van der Waals surface area contributed by atoms with Gasteiger partial charge in [-0.05, 0) is 50.7 Å². The number of nitrogens with zero attached hydrogens (tertiary/aromatic N) is 1. The Hall–Kier alpha value is -1.28. The highest BCUT2D eigenvalue weighted by molar-refractivity contribution is 5.81. The number of aryl methyl sites for hydroxylation is 2. The quantitative estimate of drug-likeness (QED) is 0.807. The van der Waals surface area contributed by atoms with E-state index < -0.39 is 0 Å². The van der Waals surface area contributed by atoms with Crippen LogP contribution in [0.15, 0.2) is 24.3 Å². The summed E-state index contributed by atoms with van der Waals surface area (Å²) in [6.07, 6.45) is 1.10. The summed E-state index contributed by atoms with van der Waals surface area (Å²) < 4.78 is 2.23. The van der Waals surface area contributed by atoms with Crippen molar-refractivity contribution in [2.24, 2.45) is 7.05 Å². The van der Waals surface area contributed by atoms with Crippen molar-refractivity contribution in [1.29, 1.82) is 0 Å². The Labute approximate surface area is 90.9 Å². The zero-order valence-corrected chi connectivity index (χ0v) is 9.67. The molecule has 0 spiro atoms. The van der Waals surface area contributed by atoms with Crippen LogP contribution < -0.4 is 5.32 Å². The van der Waals surface area contributed by atoms with E-state index in [2.05, 4.69) is 48.1 Å². The summed E-state index contributed by atoms with van der Waals surface area (Å²) in [7, 11) is 4.11. The Bertz CT molecular complexity index is 469. The number of rotatable bonds is 3. The van der Waals surface area contributed by atoms with Crippen molar-refractivity contribution in [3.63, 3.8) is 0 Å². The Kier molecular flexibility index (Phi) is 2.78. The summed E-state index contributed by atoms with van der Waals surface area (Å²) >= 11 is 0. The van der Waals surface area contributed by atoms with E-state index in [0.717, 1.165) is 13.0 Å². The molecule has 0 aliphatic carbocycles. The molecule has 0 amide bonds. The molecule has 1 aromatic carbocycles. The van der Waals surface area contributed by atoms with Gasteiger partial charge in [-0.15, -0.1) is 0 Å². The standard InChI is InChI=1S/C13H18N2/c1-10-8-12-9-11(6-7-14-2)4-5-13(12)15(10)3/h4-5,8-9,14H,6-7H2,1-3H3. The number of aromatic nitrogens is 1. The van der Waals surface area contributed by atoms with E-state index in [1.165, 1.54) is 22.2 Å². The maximum Gasteiger partial charge on any atom is 0.0479 e. The third kappa shape index (κ3) is 1.90. The predicted octanol–water partition coefficient (Wildman–Crippen LogP) is 2.25. The van der Waals surface area contributed by atoms with Gasteiger partial charge in [-0.2, -0.15) is 0 Å². The van der Waals surface area contributed by atoms with Crippen molar-refractivity contribution in [3.8, 4) is 0 Å². The lowest BCUT2D eigenvalue weighted by atomic mass is 10.1. The predicted molar refractivity (Wildman–Crippen MR) is 65.3 cm³/mol. The van der Waals surface area contributed by atoms with E-state index in [-0.39, 0.29) is 0 Å². The van der Waals surface area contributed by atoms with Gasteiger partial charge < -0.3 is 9.88 Å². The molecule has 2 heteroatoms. The van der Waals surface area contributed by atoms with Crippen molar-refractivity contribution in [2.45, 2.75) is 13.3 Å². The molecular weight excluding hydrogens is 184 g/mol. The monoisotopic (exact) mass is 202 g/mol. The lowest BCUT2D eigenvalue weighted by Gasteiger charge is -2.02. The largest absolute Gasteiger partial charge is 0.348 e. The molecule has 0 saturated heterocycles. The maximum atomic E-state index is 3.18. The second-order valence-electron chi connectivity index (χ2n) is 4.09. The van der Waals surface area contributed by atoms with Crippen LogP contribution in [0.1, 0.15) is 11.3 Å². The van der Waals surface area contributed by atoms with Crippen molar-refractivity contribution >= 4 is 10.9 Å². The van der Waals surface area contributed by atoms with Gasteiger partial charge in [-0.1, -0.05) is 6.07 Å². The molecule has 0 radical (unpaired) electrons. The molecule has 0 aliphatic heterocycles. The first-order valence-corrected chi connectivity index (χ1v) is 5.42. The molecule has 2 rings (SSSR count). The average Bonchev–Trinajstić information content (AvgIpc) is 2.52. The van der Waals surface area contributed by atoms with E-state index in [1.54, 1.807) is 0 Å². The van der Waals surface area contributed by atoms with Crippen molar-refractivity contribution in [1.82, 2.24) is 9.88 Å². The molecule has 15 heavy (non-hydrogen) atoms. The van der Waals surface area contributed by atoms with Gasteiger partial charge >= 0.3 is 0 Å². The third-order valence-electron chi connectivity index (χ3n) is 3.01. The molecule has 0 unspecified atom stereocenters. The van der Waals surface area contributed by atoms with Gasteiger partial charge in [-0.3, -0.25) is 0 Å². The third-order valence-corrected chi connectivity index (χ3v) is 3.01. The Morgan fingerprint density at radius 3 is 2.80 bits per heavy atom. The molecule has 0 saturated carbocycles. The Morgan fingerprint density at radius 2 is 2.07 bits per heavy atom. The number of nitrogens with one attached hydrogen (secondary N) is 1. The minimum absolute atomic E-state index is 1.04. The van der Waals surface area contributed by atoms with Crippen LogP contribution in [0.2, 0.25) is 0 Å². The number of benzene rings is 1. The minimum atomic E-state index is 1.04. The lowest BCUT2D eigenvalue weighted by molar-refractivity contribution is 0.792. The first kappa shape index (κ1) is 10.2. The Balaban J connectivity index is 2.39. The fourth-order valence-corrected chi connectivity index (χ4v) is 1.96. The van der Waals surface area contributed by atoms with Crippen LogP contribution in [0, 0.1) is 6.92 Å². The summed E-state index contributed by atoms with van der Waals surface area (Å²) in [6, 6.07) is 8.98. The molecule has 0 atom stereocenters. The average molecular weight is 202 g/mol. The van der Waals surface area contributed by atoms with Crippen LogP contribution in [0.3, 0.4) is 0 Å². The summed E-state index contributed by atoms with van der Waals surface area (Å²) in [4.78, 5) is 0. The molecule has 1 N–H and O–H groups in total. The normalized spacial score (nSPS) is 11.1. The lowest BCUT2D eigenvalue weighted by Crippen LogP contribution is -2.10. The molecule has 2 nitrogen and oxygen atoms in total. The van der Waals surface area contributed by atoms with Crippen molar-refractivity contribution < 1.29 is 0 Å². The minimum Gasteiger partial charge on any atom is -0.348 e. The second kappa shape index (κ2) is 4.07. The number of hydrogen-bond acceptors (Lipinski definition) is 1. The van der Waals surface area contributed by atoms with Crippen LogP contribution in [0.5, 0.6) is 0 Å². The van der Waals surface area contributed by atoms with Crippen LogP contribution in [-0.4, -0.2) is 18.2 Å². The van der Waals surface area contributed by atoms with E-state index in [0.29, 0.717) is 0 Å². The molecule has 1 heterocycles. The highest BCUT2D eigenvalue weighted by Crippen LogP contribution is 2.19. The van der Waals surface area contributed by atoms with Gasteiger partial charge in [0.25, 0.3) is 0 Å². The van der Waals surface area contributed by atoms with Crippen molar-refractivity contribution in [3.05, 3.63) is 35.5 Å². The molecule has 2 aromatic rings. The molecule has 0 fully saturated rings. The highest BCUT2D eigenvalue weighted by atomic mass is 14.9. The van der Waals surface area contributed by atoms with Crippen LogP contribution in [0.4, 0.5) is 0 Å². The zero-order valence-electron chi connectivity index (χ0n) is 9.67. The summed E-state index contributed by atoms with van der Waals surface area (Å²) in [5, 5.41) is 4.53. The van der Waals surface area contributed by atoms with E-state index >= 15 is 0 Å². The van der Waals surface area contributed by atoms with E-state index in [9.17, 15) is 0 Å². The van der Waals surface area contributed by atoms with Crippen LogP contribution in [0.25, 0.3) is 10.9 Å². The van der Waals surface area contributed by atoms with E-state index in [4.69, 9.17) is 0 Å². The fourth-order valence-electron chi connectivity index (χ4n) is 1.96. The molecule has 1 aromatic heterocycles. The van der Waals surface area contributed by atoms with Gasteiger partial charge in [0.05, 0.1) is 0 Å². The number of hydrogen-bond donors (Lipinski definition) is 1. The SMILES string of the molecule is CNCCc1ccc2c(c1)cc(C)n2C. The van der Waals surface area contributed by atoms with Gasteiger partial charge in [0.2, 0.25) is 0 Å².